The number of rotatable bonds is 10. The van der Waals surface area contributed by atoms with Crippen LogP contribution >= 0.6 is 0 Å². The molecule has 5 N–H and O–H groups in total. The van der Waals surface area contributed by atoms with Crippen molar-refractivity contribution in [2.45, 2.75) is 71.1 Å². The average Bonchev–Trinajstić information content (AvgIpc) is 2.24. The van der Waals surface area contributed by atoms with E-state index in [1.54, 1.807) is 0 Å². The fourth-order valence-electron chi connectivity index (χ4n) is 1.59. The molecular formula is C12H28FeNO6S-. The minimum Gasteiger partial charge on any atom is -0.759 e. The largest absolute Gasteiger partial charge is 0.759 e. The molecule has 0 aromatic carbocycles. The standard InChI is InChI=1S/C12H24O2.Fe.H3N.H2O4S/c1-2-3-4-5-6-7-8-9-10-11-12(13)14;;;1-5(2,3)4/h2-11H2,1H3,(H,13,14);;1H3;(H2,1,2,3,4)/p-1. The van der Waals surface area contributed by atoms with Gasteiger partial charge in [0.1, 0.15) is 0 Å². The summed E-state index contributed by atoms with van der Waals surface area (Å²) in [5.74, 6) is -0.659. The first-order valence-electron chi connectivity index (χ1n) is 6.66. The van der Waals surface area contributed by atoms with E-state index in [2.05, 4.69) is 6.92 Å². The van der Waals surface area contributed by atoms with Crippen LogP contribution in [0, 0.1) is 0 Å². The minimum atomic E-state index is -5.17. The van der Waals surface area contributed by atoms with Crippen molar-refractivity contribution >= 4 is 16.4 Å². The molecule has 0 bridgehead atoms. The van der Waals surface area contributed by atoms with E-state index >= 15 is 0 Å². The molecule has 132 valence electrons. The van der Waals surface area contributed by atoms with Crippen molar-refractivity contribution in [3.8, 4) is 0 Å². The first kappa shape index (κ1) is 28.9. The minimum absolute atomic E-state index is 0. The van der Waals surface area contributed by atoms with Gasteiger partial charge in [0.05, 0.1) is 0 Å². The van der Waals surface area contributed by atoms with Crippen molar-refractivity contribution in [2.75, 3.05) is 0 Å². The molecule has 0 radical (unpaired) electrons. The van der Waals surface area contributed by atoms with Crippen LogP contribution in [0.25, 0.3) is 0 Å². The van der Waals surface area contributed by atoms with Crippen LogP contribution in [-0.2, 0) is 32.3 Å². The SMILES string of the molecule is CCCCCCCCCCCC(=O)O.O=S(=O)([O-])[O-].[Fe].[NH4+]. The number of carboxylic acids is 1. The monoisotopic (exact) mass is 370 g/mol. The summed E-state index contributed by atoms with van der Waals surface area (Å²) in [4.78, 5) is 10.2. The number of unbranched alkanes of at least 4 members (excludes halogenated alkanes) is 8. The third-order valence-electron chi connectivity index (χ3n) is 2.49. The first-order chi connectivity index (χ1) is 8.77. The van der Waals surface area contributed by atoms with Crippen molar-refractivity contribution < 1.29 is 44.5 Å². The van der Waals surface area contributed by atoms with Gasteiger partial charge in [-0.3, -0.25) is 13.2 Å². The van der Waals surface area contributed by atoms with Crippen LogP contribution in [0.15, 0.2) is 0 Å². The Kier molecular flexibility index (Phi) is 27.3. The third-order valence-corrected chi connectivity index (χ3v) is 2.49. The Bertz CT molecular complexity index is 303. The second-order valence-corrected chi connectivity index (χ2v) is 5.20. The molecule has 7 nitrogen and oxygen atoms in total. The Morgan fingerprint density at radius 2 is 1.19 bits per heavy atom. The maximum atomic E-state index is 10.2. The number of hydrogen-bond donors (Lipinski definition) is 2. The Labute approximate surface area is 138 Å². The van der Waals surface area contributed by atoms with Gasteiger partial charge < -0.3 is 20.4 Å². The van der Waals surface area contributed by atoms with E-state index in [0.29, 0.717) is 6.42 Å². The number of quaternary nitrogens is 1. The van der Waals surface area contributed by atoms with Crippen LogP contribution in [-0.4, -0.2) is 28.6 Å². The average molecular weight is 370 g/mol. The molecule has 0 amide bonds. The van der Waals surface area contributed by atoms with E-state index in [4.69, 9.17) is 22.6 Å². The Balaban J connectivity index is -0.000000179. The third kappa shape index (κ3) is 53.8. The van der Waals surface area contributed by atoms with Gasteiger partial charge in [-0.05, 0) is 6.42 Å². The molecule has 21 heavy (non-hydrogen) atoms. The maximum absolute atomic E-state index is 10.2. The molecule has 0 aliphatic heterocycles. The number of carbonyl (C=O) groups is 1. The van der Waals surface area contributed by atoms with Crippen LogP contribution in [0.3, 0.4) is 0 Å². The molecule has 0 aliphatic rings. The van der Waals surface area contributed by atoms with Gasteiger partial charge in [0, 0.05) is 33.9 Å². The quantitative estimate of drug-likeness (QED) is 0.261. The van der Waals surface area contributed by atoms with Crippen LogP contribution in [0.4, 0.5) is 0 Å². The van der Waals surface area contributed by atoms with Crippen molar-refractivity contribution in [3.05, 3.63) is 0 Å². The Morgan fingerprint density at radius 1 is 0.905 bits per heavy atom. The summed E-state index contributed by atoms with van der Waals surface area (Å²) in [5, 5.41) is 8.41. The fourth-order valence-corrected chi connectivity index (χ4v) is 1.59. The second kappa shape index (κ2) is 19.8. The summed E-state index contributed by atoms with van der Waals surface area (Å²) in [6.07, 6.45) is 11.5. The summed E-state index contributed by atoms with van der Waals surface area (Å²) < 4.78 is 34.1. The van der Waals surface area contributed by atoms with Gasteiger partial charge in [0.2, 0.25) is 0 Å². The molecule has 0 saturated heterocycles. The van der Waals surface area contributed by atoms with E-state index < -0.39 is 16.4 Å². The van der Waals surface area contributed by atoms with Crippen LogP contribution in [0.5, 0.6) is 0 Å². The Hall–Kier alpha value is -0.181. The topological polar surface area (TPSA) is 154 Å². The molecule has 0 rings (SSSR count). The molecule has 0 aromatic rings. The first-order valence-corrected chi connectivity index (χ1v) is 7.99. The number of aliphatic carboxylic acids is 1. The molecule has 0 aromatic heterocycles. The Morgan fingerprint density at radius 3 is 1.48 bits per heavy atom. The molecule has 0 heterocycles. The summed E-state index contributed by atoms with van der Waals surface area (Å²) in [6, 6.07) is 0. The van der Waals surface area contributed by atoms with Gasteiger partial charge in [0.15, 0.2) is 0 Å². The maximum Gasteiger partial charge on any atom is 0.303 e. The molecular weight excluding hydrogens is 342 g/mol. The zero-order chi connectivity index (χ0) is 15.1. The molecule has 0 unspecified atom stereocenters. The van der Waals surface area contributed by atoms with Crippen molar-refractivity contribution in [1.82, 2.24) is 6.15 Å². The summed E-state index contributed by atoms with van der Waals surface area (Å²) in [6.45, 7) is 2.23. The number of carboxylic acid groups (broad SMARTS) is 1. The van der Waals surface area contributed by atoms with E-state index in [9.17, 15) is 4.79 Å². The summed E-state index contributed by atoms with van der Waals surface area (Å²) in [7, 11) is -5.17. The van der Waals surface area contributed by atoms with Gasteiger partial charge in [-0.2, -0.15) is 0 Å². The molecule has 0 saturated carbocycles. The van der Waals surface area contributed by atoms with E-state index in [1.807, 2.05) is 0 Å². The van der Waals surface area contributed by atoms with E-state index in [-0.39, 0.29) is 23.2 Å². The van der Waals surface area contributed by atoms with Crippen LogP contribution in [0.2, 0.25) is 0 Å². The second-order valence-electron chi connectivity index (χ2n) is 4.38. The van der Waals surface area contributed by atoms with E-state index in [0.717, 1.165) is 12.8 Å². The van der Waals surface area contributed by atoms with Crippen molar-refractivity contribution in [2.24, 2.45) is 0 Å². The van der Waals surface area contributed by atoms with Crippen molar-refractivity contribution in [3.63, 3.8) is 0 Å². The zero-order valence-electron chi connectivity index (χ0n) is 12.8. The normalized spacial score (nSPS) is 9.67. The predicted octanol–water partition coefficient (Wildman–Crippen LogP) is 3.03. The van der Waals surface area contributed by atoms with Crippen molar-refractivity contribution in [1.29, 1.82) is 0 Å². The van der Waals surface area contributed by atoms with Gasteiger partial charge >= 0.3 is 5.97 Å². The van der Waals surface area contributed by atoms with Crippen LogP contribution < -0.4 is 6.15 Å². The van der Waals surface area contributed by atoms with Gasteiger partial charge in [-0.15, -0.1) is 0 Å². The zero-order valence-corrected chi connectivity index (χ0v) is 14.7. The molecule has 0 fully saturated rings. The van der Waals surface area contributed by atoms with Crippen LogP contribution in [0.1, 0.15) is 71.1 Å². The molecule has 0 spiro atoms. The van der Waals surface area contributed by atoms with Gasteiger partial charge in [0.25, 0.3) is 0 Å². The van der Waals surface area contributed by atoms with Gasteiger partial charge in [-0.1, -0.05) is 58.3 Å². The summed E-state index contributed by atoms with van der Waals surface area (Å²) in [5.41, 5.74) is 0. The smallest absolute Gasteiger partial charge is 0.303 e. The number of hydrogen-bond acceptors (Lipinski definition) is 5. The fraction of sp³-hybridized carbons (Fsp3) is 0.917. The van der Waals surface area contributed by atoms with Gasteiger partial charge in [-0.25, -0.2) is 0 Å². The molecule has 0 atom stereocenters. The molecule has 0 aliphatic carbocycles. The van der Waals surface area contributed by atoms with E-state index in [1.165, 1.54) is 44.9 Å². The predicted molar refractivity (Wildman–Crippen MR) is 75.9 cm³/mol. The molecule has 9 heteroatoms. The summed E-state index contributed by atoms with van der Waals surface area (Å²) >= 11 is 0.